The standard InChI is InChI=1S/C11H6N2O4/c14-11(15)6-1-2-8-7(3-6)13-10(17-8)9-4-12-5-16-9/h1-5H,(H,14,15). The van der Waals surface area contributed by atoms with E-state index in [2.05, 4.69) is 9.97 Å². The van der Waals surface area contributed by atoms with Gasteiger partial charge in [-0.2, -0.15) is 0 Å². The Labute approximate surface area is 94.5 Å². The number of carboxylic acids is 1. The third-order valence-corrected chi connectivity index (χ3v) is 2.28. The number of aromatic nitrogens is 2. The Balaban J connectivity index is 2.16. The molecule has 0 amide bonds. The second-order valence-corrected chi connectivity index (χ2v) is 3.37. The Hall–Kier alpha value is -2.63. The SMILES string of the molecule is O=C(O)c1ccc2oc(-c3cnco3)nc2c1. The van der Waals surface area contributed by atoms with Crippen LogP contribution >= 0.6 is 0 Å². The van der Waals surface area contributed by atoms with Crippen molar-refractivity contribution in [3.05, 3.63) is 36.4 Å². The summed E-state index contributed by atoms with van der Waals surface area (Å²) in [5.41, 5.74) is 1.13. The second kappa shape index (κ2) is 3.44. The fourth-order valence-electron chi connectivity index (χ4n) is 1.49. The van der Waals surface area contributed by atoms with Crippen molar-refractivity contribution in [2.75, 3.05) is 0 Å². The van der Waals surface area contributed by atoms with Crippen LogP contribution in [-0.2, 0) is 0 Å². The summed E-state index contributed by atoms with van der Waals surface area (Å²) in [5.74, 6) is -0.325. The van der Waals surface area contributed by atoms with E-state index >= 15 is 0 Å². The molecule has 0 bridgehead atoms. The third-order valence-electron chi connectivity index (χ3n) is 2.28. The Morgan fingerprint density at radius 1 is 1.35 bits per heavy atom. The summed E-state index contributed by atoms with van der Waals surface area (Å²) in [7, 11) is 0. The molecule has 84 valence electrons. The number of hydrogen-bond donors (Lipinski definition) is 1. The Kier molecular flexibility index (Phi) is 1.94. The molecule has 0 radical (unpaired) electrons. The van der Waals surface area contributed by atoms with Gasteiger partial charge >= 0.3 is 5.97 Å². The van der Waals surface area contributed by atoms with Gasteiger partial charge in [0.25, 0.3) is 5.89 Å². The first-order chi connectivity index (χ1) is 8.24. The zero-order valence-corrected chi connectivity index (χ0v) is 8.45. The number of fused-ring (bicyclic) bond motifs is 1. The van der Waals surface area contributed by atoms with E-state index < -0.39 is 5.97 Å². The average molecular weight is 230 g/mol. The minimum atomic E-state index is -1.00. The predicted octanol–water partition coefficient (Wildman–Crippen LogP) is 2.18. The van der Waals surface area contributed by atoms with Crippen LogP contribution in [0.25, 0.3) is 22.8 Å². The van der Waals surface area contributed by atoms with E-state index in [1.54, 1.807) is 6.07 Å². The topological polar surface area (TPSA) is 89.4 Å². The Morgan fingerprint density at radius 3 is 2.94 bits per heavy atom. The summed E-state index contributed by atoms with van der Waals surface area (Å²) >= 11 is 0. The van der Waals surface area contributed by atoms with E-state index in [4.69, 9.17) is 13.9 Å². The van der Waals surface area contributed by atoms with Gasteiger partial charge in [-0.25, -0.2) is 14.8 Å². The molecule has 3 rings (SSSR count). The van der Waals surface area contributed by atoms with Gasteiger partial charge in [-0.05, 0) is 18.2 Å². The zero-order valence-electron chi connectivity index (χ0n) is 8.45. The summed E-state index contributed by atoms with van der Waals surface area (Å²) in [5, 5.41) is 8.85. The maximum Gasteiger partial charge on any atom is 0.335 e. The number of rotatable bonds is 2. The summed E-state index contributed by atoms with van der Waals surface area (Å²) in [6, 6.07) is 4.46. The molecule has 0 spiro atoms. The number of nitrogens with zero attached hydrogens (tertiary/aromatic N) is 2. The van der Waals surface area contributed by atoms with Gasteiger partial charge in [-0.15, -0.1) is 0 Å². The molecule has 0 aliphatic carbocycles. The molecule has 0 saturated carbocycles. The van der Waals surface area contributed by atoms with Gasteiger partial charge in [-0.1, -0.05) is 0 Å². The van der Waals surface area contributed by atoms with E-state index in [-0.39, 0.29) is 11.5 Å². The van der Waals surface area contributed by atoms with Crippen molar-refractivity contribution in [1.82, 2.24) is 9.97 Å². The highest BCUT2D eigenvalue weighted by atomic mass is 16.4. The number of carbonyl (C=O) groups is 1. The quantitative estimate of drug-likeness (QED) is 0.725. The summed E-state index contributed by atoms with van der Waals surface area (Å²) in [6.45, 7) is 0. The normalized spacial score (nSPS) is 10.8. The lowest BCUT2D eigenvalue weighted by Gasteiger charge is -1.91. The number of oxazole rings is 2. The van der Waals surface area contributed by atoms with Crippen molar-refractivity contribution in [2.24, 2.45) is 0 Å². The van der Waals surface area contributed by atoms with Gasteiger partial charge in [-0.3, -0.25) is 0 Å². The second-order valence-electron chi connectivity index (χ2n) is 3.37. The van der Waals surface area contributed by atoms with Gasteiger partial charge in [0, 0.05) is 0 Å². The zero-order chi connectivity index (χ0) is 11.8. The molecule has 0 fully saturated rings. The minimum Gasteiger partial charge on any atom is -0.478 e. The molecule has 1 aromatic carbocycles. The number of carboxylic acid groups (broad SMARTS) is 1. The molecule has 2 heterocycles. The predicted molar refractivity (Wildman–Crippen MR) is 56.5 cm³/mol. The molecule has 0 atom stereocenters. The molecule has 0 saturated heterocycles. The van der Waals surface area contributed by atoms with E-state index in [1.165, 1.54) is 24.7 Å². The lowest BCUT2D eigenvalue weighted by atomic mass is 10.2. The Morgan fingerprint density at radius 2 is 2.24 bits per heavy atom. The molecule has 17 heavy (non-hydrogen) atoms. The molecule has 1 N–H and O–H groups in total. The van der Waals surface area contributed by atoms with E-state index in [1.807, 2.05) is 0 Å². The summed E-state index contributed by atoms with van der Waals surface area (Å²) in [4.78, 5) is 18.7. The maximum atomic E-state index is 10.8. The van der Waals surface area contributed by atoms with Crippen molar-refractivity contribution >= 4 is 17.1 Å². The van der Waals surface area contributed by atoms with Crippen LogP contribution < -0.4 is 0 Å². The molecule has 0 aliphatic heterocycles. The summed E-state index contributed by atoms with van der Waals surface area (Å²) in [6.07, 6.45) is 2.75. The van der Waals surface area contributed by atoms with Crippen molar-refractivity contribution < 1.29 is 18.7 Å². The largest absolute Gasteiger partial charge is 0.478 e. The highest BCUT2D eigenvalue weighted by molar-refractivity contribution is 5.92. The van der Waals surface area contributed by atoms with Gasteiger partial charge < -0.3 is 13.9 Å². The highest BCUT2D eigenvalue weighted by Crippen LogP contribution is 2.24. The highest BCUT2D eigenvalue weighted by Gasteiger charge is 2.12. The number of aromatic carboxylic acids is 1. The van der Waals surface area contributed by atoms with Gasteiger partial charge in [0.1, 0.15) is 5.52 Å². The monoisotopic (exact) mass is 230 g/mol. The summed E-state index contributed by atoms with van der Waals surface area (Å²) < 4.78 is 10.5. The van der Waals surface area contributed by atoms with Crippen LogP contribution in [0.4, 0.5) is 0 Å². The van der Waals surface area contributed by atoms with Crippen LogP contribution in [0, 0.1) is 0 Å². The fourth-order valence-corrected chi connectivity index (χ4v) is 1.49. The van der Waals surface area contributed by atoms with Gasteiger partial charge in [0.15, 0.2) is 12.0 Å². The first-order valence-electron chi connectivity index (χ1n) is 4.77. The molecule has 6 nitrogen and oxygen atoms in total. The van der Waals surface area contributed by atoms with Crippen LogP contribution in [0.3, 0.4) is 0 Å². The molecule has 0 aliphatic rings. The van der Waals surface area contributed by atoms with Crippen molar-refractivity contribution in [3.8, 4) is 11.7 Å². The molecular weight excluding hydrogens is 224 g/mol. The molecule has 2 aromatic heterocycles. The maximum absolute atomic E-state index is 10.8. The third kappa shape index (κ3) is 1.55. The van der Waals surface area contributed by atoms with Crippen LogP contribution in [0.2, 0.25) is 0 Å². The van der Waals surface area contributed by atoms with Crippen LogP contribution in [0.1, 0.15) is 10.4 Å². The van der Waals surface area contributed by atoms with Crippen molar-refractivity contribution in [1.29, 1.82) is 0 Å². The van der Waals surface area contributed by atoms with Crippen molar-refractivity contribution in [2.45, 2.75) is 0 Å². The van der Waals surface area contributed by atoms with Crippen LogP contribution in [-0.4, -0.2) is 21.0 Å². The molecular formula is C11H6N2O4. The molecule has 6 heteroatoms. The van der Waals surface area contributed by atoms with E-state index in [0.29, 0.717) is 16.9 Å². The van der Waals surface area contributed by atoms with Gasteiger partial charge in [0.2, 0.25) is 5.76 Å². The lowest BCUT2D eigenvalue weighted by Crippen LogP contribution is -1.94. The van der Waals surface area contributed by atoms with Crippen LogP contribution in [0.15, 0.2) is 39.6 Å². The molecule has 0 unspecified atom stereocenters. The smallest absolute Gasteiger partial charge is 0.335 e. The number of hydrogen-bond acceptors (Lipinski definition) is 5. The first kappa shape index (κ1) is 9.59. The van der Waals surface area contributed by atoms with Crippen LogP contribution in [0.5, 0.6) is 0 Å². The lowest BCUT2D eigenvalue weighted by molar-refractivity contribution is 0.0697. The van der Waals surface area contributed by atoms with E-state index in [0.717, 1.165) is 0 Å². The van der Waals surface area contributed by atoms with Crippen molar-refractivity contribution in [3.63, 3.8) is 0 Å². The van der Waals surface area contributed by atoms with E-state index in [9.17, 15) is 4.79 Å². The molecule has 3 aromatic rings. The number of benzene rings is 1. The first-order valence-corrected chi connectivity index (χ1v) is 4.77. The average Bonchev–Trinajstić information content (AvgIpc) is 2.96. The van der Waals surface area contributed by atoms with Gasteiger partial charge in [0.05, 0.1) is 11.8 Å². The fraction of sp³-hybridized carbons (Fsp3) is 0. The minimum absolute atomic E-state index is 0.162. The Bertz CT molecular complexity index is 685.